The molecule has 7 heteroatoms. The van der Waals surface area contributed by atoms with E-state index in [4.69, 9.17) is 9.26 Å². The predicted octanol–water partition coefficient (Wildman–Crippen LogP) is 6.46. The topological polar surface area (TPSA) is 93.1 Å². The maximum atomic E-state index is 11.9. The lowest BCUT2D eigenvalue weighted by atomic mass is 9.90. The van der Waals surface area contributed by atoms with Gasteiger partial charge in [0, 0.05) is 5.57 Å². The average Bonchev–Trinajstić information content (AvgIpc) is 2.64. The summed E-state index contributed by atoms with van der Waals surface area (Å²) in [6, 6.07) is 0. The summed E-state index contributed by atoms with van der Waals surface area (Å²) in [7, 11) is -4.72. The van der Waals surface area contributed by atoms with Crippen LogP contribution in [0.15, 0.2) is 12.2 Å². The minimum absolute atomic E-state index is 0.159. The minimum atomic E-state index is -4.72. The molecule has 0 amide bonds. The molecule has 172 valence electrons. The van der Waals surface area contributed by atoms with Crippen molar-refractivity contribution in [3.05, 3.63) is 12.2 Å². The summed E-state index contributed by atoms with van der Waals surface area (Å²) in [6.45, 7) is 9.29. The van der Waals surface area contributed by atoms with Crippen LogP contribution in [0.4, 0.5) is 0 Å². The van der Waals surface area contributed by atoms with Gasteiger partial charge in [-0.2, -0.15) is 0 Å². The van der Waals surface area contributed by atoms with Gasteiger partial charge >= 0.3 is 13.8 Å². The monoisotopic (exact) mass is 434 g/mol. The van der Waals surface area contributed by atoms with Crippen molar-refractivity contribution < 1.29 is 28.4 Å². The number of hydrogen-bond donors (Lipinski definition) is 2. The molecule has 0 fully saturated rings. The SMILES string of the molecule is C=C(C)C(=O)OCC(CCCCCCCC)(CCCCCCCC)OP(=O)(O)O. The van der Waals surface area contributed by atoms with Crippen molar-refractivity contribution in [1.82, 2.24) is 0 Å². The van der Waals surface area contributed by atoms with Crippen LogP contribution >= 0.6 is 7.82 Å². The Balaban J connectivity index is 5.00. The fourth-order valence-electron chi connectivity index (χ4n) is 3.41. The highest BCUT2D eigenvalue weighted by atomic mass is 31.2. The Morgan fingerprint density at radius 2 is 1.28 bits per heavy atom. The molecule has 0 saturated heterocycles. The zero-order valence-corrected chi connectivity index (χ0v) is 19.7. The van der Waals surface area contributed by atoms with Gasteiger partial charge in [-0.15, -0.1) is 0 Å². The highest BCUT2D eigenvalue weighted by Crippen LogP contribution is 2.45. The molecule has 0 aliphatic carbocycles. The van der Waals surface area contributed by atoms with Gasteiger partial charge in [-0.25, -0.2) is 9.36 Å². The van der Waals surface area contributed by atoms with Gasteiger partial charge in [-0.1, -0.05) is 97.5 Å². The zero-order chi connectivity index (χ0) is 22.2. The highest BCUT2D eigenvalue weighted by Gasteiger charge is 2.38. The van der Waals surface area contributed by atoms with Gasteiger partial charge in [-0.05, 0) is 19.8 Å². The van der Waals surface area contributed by atoms with Crippen LogP contribution in [0.2, 0.25) is 0 Å². The molecule has 2 N–H and O–H groups in total. The van der Waals surface area contributed by atoms with Crippen LogP contribution in [0, 0.1) is 0 Å². The fraction of sp³-hybridized carbons (Fsp3) is 0.864. The highest BCUT2D eigenvalue weighted by molar-refractivity contribution is 7.46. The lowest BCUT2D eigenvalue weighted by Crippen LogP contribution is -2.38. The number of carbonyl (C=O) groups excluding carboxylic acids is 1. The van der Waals surface area contributed by atoms with E-state index >= 15 is 0 Å². The first kappa shape index (κ1) is 28.3. The van der Waals surface area contributed by atoms with E-state index in [1.54, 1.807) is 6.92 Å². The lowest BCUT2D eigenvalue weighted by molar-refractivity contribution is -0.147. The average molecular weight is 435 g/mol. The van der Waals surface area contributed by atoms with Crippen LogP contribution in [0.3, 0.4) is 0 Å². The Morgan fingerprint density at radius 1 is 0.862 bits per heavy atom. The van der Waals surface area contributed by atoms with Crippen LogP contribution < -0.4 is 0 Å². The molecule has 0 spiro atoms. The second-order valence-electron chi connectivity index (χ2n) is 8.16. The number of ether oxygens (including phenoxy) is 1. The molecule has 0 heterocycles. The quantitative estimate of drug-likeness (QED) is 0.105. The molecule has 0 unspecified atom stereocenters. The number of hydrogen-bond acceptors (Lipinski definition) is 4. The third-order valence-corrected chi connectivity index (χ3v) is 5.72. The van der Waals surface area contributed by atoms with Crippen LogP contribution in [0.5, 0.6) is 0 Å². The van der Waals surface area contributed by atoms with Crippen LogP contribution in [0.1, 0.15) is 111 Å². The fourth-order valence-corrected chi connectivity index (χ4v) is 4.15. The Morgan fingerprint density at radius 3 is 1.66 bits per heavy atom. The summed E-state index contributed by atoms with van der Waals surface area (Å²) in [5, 5.41) is 0. The molecule has 0 aliphatic rings. The molecular weight excluding hydrogens is 391 g/mol. The van der Waals surface area contributed by atoms with Gasteiger partial charge in [0.25, 0.3) is 0 Å². The van der Waals surface area contributed by atoms with E-state index in [1.807, 2.05) is 0 Å². The summed E-state index contributed by atoms with van der Waals surface area (Å²) < 4.78 is 22.3. The summed E-state index contributed by atoms with van der Waals surface area (Å²) >= 11 is 0. The first-order chi connectivity index (χ1) is 13.7. The molecular formula is C22H43O6P. The molecule has 0 radical (unpaired) electrons. The van der Waals surface area contributed by atoms with E-state index in [0.717, 1.165) is 51.4 Å². The lowest BCUT2D eigenvalue weighted by Gasteiger charge is -2.33. The van der Waals surface area contributed by atoms with Crippen LogP contribution in [0.25, 0.3) is 0 Å². The second-order valence-corrected chi connectivity index (χ2v) is 9.32. The number of esters is 1. The predicted molar refractivity (Wildman–Crippen MR) is 118 cm³/mol. The normalized spacial score (nSPS) is 12.2. The molecule has 0 saturated carbocycles. The minimum Gasteiger partial charge on any atom is -0.459 e. The van der Waals surface area contributed by atoms with E-state index in [2.05, 4.69) is 20.4 Å². The van der Waals surface area contributed by atoms with Crippen molar-refractivity contribution in [2.45, 2.75) is 116 Å². The number of rotatable bonds is 19. The number of carbonyl (C=O) groups is 1. The largest absolute Gasteiger partial charge is 0.470 e. The smallest absolute Gasteiger partial charge is 0.459 e. The van der Waals surface area contributed by atoms with E-state index in [-0.39, 0.29) is 12.2 Å². The standard InChI is InChI=1S/C22H43O6P/c1-5-7-9-11-13-15-17-22(28-29(24,25)26,19-27-21(23)20(3)4)18-16-14-12-10-8-6-2/h3,5-19H2,1-2,4H3,(H2,24,25,26). The summed E-state index contributed by atoms with van der Waals surface area (Å²) in [5.74, 6) is -0.561. The molecule has 0 bridgehead atoms. The molecule has 0 aromatic heterocycles. The Labute approximate surface area is 177 Å². The maximum Gasteiger partial charge on any atom is 0.470 e. The van der Waals surface area contributed by atoms with Gasteiger partial charge in [0.1, 0.15) is 12.2 Å². The van der Waals surface area contributed by atoms with E-state index < -0.39 is 19.4 Å². The Bertz CT molecular complexity index is 484. The van der Waals surface area contributed by atoms with Crippen molar-refractivity contribution in [3.63, 3.8) is 0 Å². The van der Waals surface area contributed by atoms with Crippen molar-refractivity contribution in [1.29, 1.82) is 0 Å². The third kappa shape index (κ3) is 15.8. The number of phosphoric acid groups is 1. The summed E-state index contributed by atoms with van der Waals surface area (Å²) in [5.41, 5.74) is -0.895. The van der Waals surface area contributed by atoms with Gasteiger partial charge in [0.15, 0.2) is 0 Å². The molecule has 29 heavy (non-hydrogen) atoms. The molecule has 0 aromatic rings. The van der Waals surface area contributed by atoms with Crippen LogP contribution in [-0.4, -0.2) is 28.0 Å². The Hall–Kier alpha value is -0.680. The zero-order valence-electron chi connectivity index (χ0n) is 18.8. The third-order valence-electron chi connectivity index (χ3n) is 5.10. The molecule has 0 rings (SSSR count). The maximum absolute atomic E-state index is 11.9. The summed E-state index contributed by atoms with van der Waals surface area (Å²) in [6.07, 6.45) is 13.6. The Kier molecular flexibility index (Phi) is 15.7. The second kappa shape index (κ2) is 16.1. The van der Waals surface area contributed by atoms with E-state index in [0.29, 0.717) is 12.8 Å². The van der Waals surface area contributed by atoms with Gasteiger partial charge in [0.05, 0.1) is 0 Å². The number of unbranched alkanes of at least 4 members (excludes halogenated alkanes) is 10. The first-order valence-electron chi connectivity index (χ1n) is 11.2. The van der Waals surface area contributed by atoms with Gasteiger partial charge < -0.3 is 14.5 Å². The van der Waals surface area contributed by atoms with Crippen molar-refractivity contribution in [2.24, 2.45) is 0 Å². The molecule has 0 atom stereocenters. The first-order valence-corrected chi connectivity index (χ1v) is 12.8. The van der Waals surface area contributed by atoms with Crippen molar-refractivity contribution >= 4 is 13.8 Å². The van der Waals surface area contributed by atoms with Crippen molar-refractivity contribution in [3.8, 4) is 0 Å². The van der Waals surface area contributed by atoms with Crippen LogP contribution in [-0.2, 0) is 18.6 Å². The molecule has 6 nitrogen and oxygen atoms in total. The molecule has 0 aliphatic heterocycles. The van der Waals surface area contributed by atoms with E-state index in [9.17, 15) is 19.1 Å². The van der Waals surface area contributed by atoms with Crippen molar-refractivity contribution in [2.75, 3.05) is 6.61 Å². The number of phosphoric ester groups is 1. The van der Waals surface area contributed by atoms with E-state index in [1.165, 1.54) is 25.7 Å². The summed E-state index contributed by atoms with van der Waals surface area (Å²) in [4.78, 5) is 30.9. The van der Waals surface area contributed by atoms with Gasteiger partial charge in [-0.3, -0.25) is 4.52 Å². The van der Waals surface area contributed by atoms with Gasteiger partial charge in [0.2, 0.25) is 0 Å². The molecule has 0 aromatic carbocycles.